The van der Waals surface area contributed by atoms with Crippen LogP contribution in [0.5, 0.6) is 5.75 Å². The molecule has 0 N–H and O–H groups in total. The number of carbonyl (C=O) groups is 1. The Labute approximate surface area is 163 Å². The summed E-state index contributed by atoms with van der Waals surface area (Å²) in [6.07, 6.45) is 2.83. The molecular weight excluding hydrogens is 354 g/mol. The van der Waals surface area contributed by atoms with Gasteiger partial charge in [-0.15, -0.1) is 0 Å². The summed E-state index contributed by atoms with van der Waals surface area (Å²) in [6.45, 7) is 2.69. The van der Waals surface area contributed by atoms with Crippen molar-refractivity contribution >= 4 is 22.5 Å². The van der Waals surface area contributed by atoms with Gasteiger partial charge in [-0.3, -0.25) is 14.2 Å². The van der Waals surface area contributed by atoms with Crippen LogP contribution in [-0.2, 0) is 13.0 Å². The van der Waals surface area contributed by atoms with Gasteiger partial charge in [0.2, 0.25) is 0 Å². The Hall–Kier alpha value is -3.15. The minimum Gasteiger partial charge on any atom is -0.495 e. The van der Waals surface area contributed by atoms with Crippen LogP contribution in [-0.4, -0.2) is 29.6 Å². The van der Waals surface area contributed by atoms with Gasteiger partial charge in [-0.05, 0) is 55.7 Å². The first-order chi connectivity index (χ1) is 13.5. The van der Waals surface area contributed by atoms with Crippen molar-refractivity contribution in [3.63, 3.8) is 0 Å². The highest BCUT2D eigenvalue weighted by molar-refractivity contribution is 6.08. The first-order valence-corrected chi connectivity index (χ1v) is 9.46. The standard InChI is InChI=1S/C22H23N3O3/c1-14-7-10-19(28-3)18(12-14)24(2)21(26)15-8-9-16-17(13-15)23-20-6-4-5-11-25(20)22(16)27/h7-10,12-13H,4-6,11H2,1-3H3. The molecule has 0 radical (unpaired) electrons. The fraction of sp³-hybridized carbons (Fsp3) is 0.318. The van der Waals surface area contributed by atoms with Gasteiger partial charge in [0, 0.05) is 25.6 Å². The van der Waals surface area contributed by atoms with Crippen LogP contribution in [0.1, 0.15) is 34.6 Å². The fourth-order valence-electron chi connectivity index (χ4n) is 3.74. The van der Waals surface area contributed by atoms with E-state index in [0.29, 0.717) is 34.4 Å². The molecule has 0 saturated carbocycles. The number of ether oxygens (including phenoxy) is 1. The van der Waals surface area contributed by atoms with E-state index in [2.05, 4.69) is 4.98 Å². The van der Waals surface area contributed by atoms with Crippen LogP contribution < -0.4 is 15.2 Å². The summed E-state index contributed by atoms with van der Waals surface area (Å²) in [5.41, 5.74) is 2.79. The van der Waals surface area contributed by atoms with E-state index in [1.54, 1.807) is 41.8 Å². The number of aromatic nitrogens is 2. The molecule has 1 aliphatic rings. The maximum atomic E-state index is 13.1. The number of nitrogens with zero attached hydrogens (tertiary/aromatic N) is 3. The van der Waals surface area contributed by atoms with Crippen molar-refractivity contribution in [2.24, 2.45) is 0 Å². The maximum Gasteiger partial charge on any atom is 0.261 e. The van der Waals surface area contributed by atoms with Crippen molar-refractivity contribution in [2.75, 3.05) is 19.1 Å². The molecule has 0 aliphatic carbocycles. The van der Waals surface area contributed by atoms with Gasteiger partial charge in [-0.1, -0.05) is 6.07 Å². The Morgan fingerprint density at radius 2 is 2.00 bits per heavy atom. The molecule has 6 heteroatoms. The topological polar surface area (TPSA) is 64.4 Å². The van der Waals surface area contributed by atoms with Crippen LogP contribution in [0.15, 0.2) is 41.2 Å². The molecule has 0 fully saturated rings. The second-order valence-corrected chi connectivity index (χ2v) is 7.21. The minimum absolute atomic E-state index is 0.0209. The van der Waals surface area contributed by atoms with E-state index in [9.17, 15) is 9.59 Å². The molecule has 3 aromatic rings. The first kappa shape index (κ1) is 18.2. The summed E-state index contributed by atoms with van der Waals surface area (Å²) < 4.78 is 7.17. The normalized spacial score (nSPS) is 13.2. The first-order valence-electron chi connectivity index (χ1n) is 9.46. The number of benzene rings is 2. The molecule has 2 aromatic carbocycles. The molecule has 28 heavy (non-hydrogen) atoms. The molecule has 0 bridgehead atoms. The minimum atomic E-state index is -0.176. The molecule has 144 valence electrons. The van der Waals surface area contributed by atoms with Crippen LogP contribution in [0, 0.1) is 6.92 Å². The zero-order valence-corrected chi connectivity index (χ0v) is 16.4. The Morgan fingerprint density at radius 3 is 2.79 bits per heavy atom. The third-order valence-corrected chi connectivity index (χ3v) is 5.31. The monoisotopic (exact) mass is 377 g/mol. The predicted molar refractivity (Wildman–Crippen MR) is 109 cm³/mol. The van der Waals surface area contributed by atoms with Gasteiger partial charge >= 0.3 is 0 Å². The van der Waals surface area contributed by atoms with Crippen molar-refractivity contribution in [2.45, 2.75) is 32.7 Å². The van der Waals surface area contributed by atoms with Crippen LogP contribution in [0.4, 0.5) is 5.69 Å². The molecule has 0 atom stereocenters. The van der Waals surface area contributed by atoms with E-state index >= 15 is 0 Å². The molecular formula is C22H23N3O3. The lowest BCUT2D eigenvalue weighted by Crippen LogP contribution is -2.29. The van der Waals surface area contributed by atoms with Crippen molar-refractivity contribution in [1.82, 2.24) is 9.55 Å². The number of aryl methyl sites for hydroxylation is 2. The number of fused-ring (bicyclic) bond motifs is 2. The average molecular weight is 377 g/mol. The summed E-state index contributed by atoms with van der Waals surface area (Å²) in [7, 11) is 3.31. The fourth-order valence-corrected chi connectivity index (χ4v) is 3.74. The van der Waals surface area contributed by atoms with E-state index < -0.39 is 0 Å². The van der Waals surface area contributed by atoms with Crippen LogP contribution in [0.3, 0.4) is 0 Å². The summed E-state index contributed by atoms with van der Waals surface area (Å²) >= 11 is 0. The summed E-state index contributed by atoms with van der Waals surface area (Å²) in [6, 6.07) is 10.8. The average Bonchev–Trinajstić information content (AvgIpc) is 2.72. The van der Waals surface area contributed by atoms with Gasteiger partial charge in [0.05, 0.1) is 23.7 Å². The smallest absolute Gasteiger partial charge is 0.261 e. The third kappa shape index (κ3) is 3.05. The number of rotatable bonds is 3. The maximum absolute atomic E-state index is 13.1. The number of carbonyl (C=O) groups excluding carboxylic acids is 1. The van der Waals surface area contributed by atoms with Crippen molar-refractivity contribution < 1.29 is 9.53 Å². The summed E-state index contributed by atoms with van der Waals surface area (Å²) in [5, 5.41) is 0.554. The summed E-state index contributed by atoms with van der Waals surface area (Å²) in [5.74, 6) is 1.26. The van der Waals surface area contributed by atoms with Gasteiger partial charge < -0.3 is 9.64 Å². The number of amides is 1. The highest BCUT2D eigenvalue weighted by Gasteiger charge is 2.20. The zero-order valence-electron chi connectivity index (χ0n) is 16.4. The quantitative estimate of drug-likeness (QED) is 0.702. The lowest BCUT2D eigenvalue weighted by molar-refractivity contribution is 0.0992. The Kier molecular flexibility index (Phi) is 4.63. The highest BCUT2D eigenvalue weighted by Crippen LogP contribution is 2.29. The van der Waals surface area contributed by atoms with Crippen molar-refractivity contribution in [1.29, 1.82) is 0 Å². The second kappa shape index (κ2) is 7.11. The van der Waals surface area contributed by atoms with Crippen molar-refractivity contribution in [3.8, 4) is 5.75 Å². The number of hydrogen-bond acceptors (Lipinski definition) is 4. The Balaban J connectivity index is 1.76. The number of methoxy groups -OCH3 is 1. The van der Waals surface area contributed by atoms with E-state index in [4.69, 9.17) is 4.74 Å². The molecule has 0 unspecified atom stereocenters. The molecule has 2 heterocycles. The van der Waals surface area contributed by atoms with E-state index in [1.807, 2.05) is 25.1 Å². The summed E-state index contributed by atoms with van der Waals surface area (Å²) in [4.78, 5) is 32.1. The molecule has 1 amide bonds. The Morgan fingerprint density at radius 1 is 1.18 bits per heavy atom. The molecule has 4 rings (SSSR count). The predicted octanol–water partition coefficient (Wildman–Crippen LogP) is 3.33. The zero-order chi connectivity index (χ0) is 19.8. The third-order valence-electron chi connectivity index (χ3n) is 5.31. The molecule has 6 nitrogen and oxygen atoms in total. The van der Waals surface area contributed by atoms with Gasteiger partial charge in [-0.25, -0.2) is 4.98 Å². The van der Waals surface area contributed by atoms with Crippen LogP contribution in [0.25, 0.3) is 10.9 Å². The Bertz CT molecular complexity index is 1130. The molecule has 0 spiro atoms. The van der Waals surface area contributed by atoms with Gasteiger partial charge in [0.25, 0.3) is 11.5 Å². The van der Waals surface area contributed by atoms with Gasteiger partial charge in [0.15, 0.2) is 0 Å². The van der Waals surface area contributed by atoms with Crippen molar-refractivity contribution in [3.05, 3.63) is 63.7 Å². The number of hydrogen-bond donors (Lipinski definition) is 0. The van der Waals surface area contributed by atoms with Crippen LogP contribution >= 0.6 is 0 Å². The van der Waals surface area contributed by atoms with Gasteiger partial charge in [-0.2, -0.15) is 0 Å². The molecule has 0 saturated heterocycles. The molecule has 1 aromatic heterocycles. The highest BCUT2D eigenvalue weighted by atomic mass is 16.5. The largest absolute Gasteiger partial charge is 0.495 e. The lowest BCUT2D eigenvalue weighted by Gasteiger charge is -2.21. The van der Waals surface area contributed by atoms with E-state index in [0.717, 1.165) is 30.7 Å². The van der Waals surface area contributed by atoms with E-state index in [1.165, 1.54) is 0 Å². The lowest BCUT2D eigenvalue weighted by atomic mass is 10.1. The SMILES string of the molecule is COc1ccc(C)cc1N(C)C(=O)c1ccc2c(=O)n3c(nc2c1)CCCC3. The van der Waals surface area contributed by atoms with E-state index in [-0.39, 0.29) is 11.5 Å². The molecule has 1 aliphatic heterocycles. The number of anilines is 1. The van der Waals surface area contributed by atoms with Crippen LogP contribution in [0.2, 0.25) is 0 Å². The second-order valence-electron chi connectivity index (χ2n) is 7.21. The van der Waals surface area contributed by atoms with Gasteiger partial charge in [0.1, 0.15) is 11.6 Å².